The summed E-state index contributed by atoms with van der Waals surface area (Å²) in [5.74, 6) is 0.974. The molecule has 0 bridgehead atoms. The van der Waals surface area contributed by atoms with Crippen molar-refractivity contribution in [2.75, 3.05) is 6.54 Å². The lowest BCUT2D eigenvalue weighted by atomic mass is 10.2. The summed E-state index contributed by atoms with van der Waals surface area (Å²) in [7, 11) is 0. The van der Waals surface area contributed by atoms with Crippen LogP contribution in [0.3, 0.4) is 0 Å². The van der Waals surface area contributed by atoms with Crippen LogP contribution in [0.2, 0.25) is 0 Å². The minimum absolute atomic E-state index is 0.497. The van der Waals surface area contributed by atoms with E-state index in [2.05, 4.69) is 41.0 Å². The number of rotatable bonds is 4. The third-order valence-corrected chi connectivity index (χ3v) is 5.17. The Balaban J connectivity index is 1.60. The van der Waals surface area contributed by atoms with Crippen LogP contribution in [0.5, 0.6) is 0 Å². The van der Waals surface area contributed by atoms with Crippen molar-refractivity contribution in [2.45, 2.75) is 29.5 Å². The van der Waals surface area contributed by atoms with Gasteiger partial charge < -0.3 is 5.32 Å². The first-order chi connectivity index (χ1) is 8.92. The van der Waals surface area contributed by atoms with Gasteiger partial charge in [0.25, 0.3) is 0 Å². The molecule has 2 heterocycles. The predicted molar refractivity (Wildman–Crippen MR) is 78.1 cm³/mol. The van der Waals surface area contributed by atoms with Crippen LogP contribution >= 0.6 is 23.1 Å². The Bertz CT molecular complexity index is 490. The molecule has 1 aromatic carbocycles. The summed E-state index contributed by atoms with van der Waals surface area (Å²) in [6, 6.07) is 11.0. The van der Waals surface area contributed by atoms with E-state index < -0.39 is 0 Å². The van der Waals surface area contributed by atoms with E-state index >= 15 is 0 Å². The molecule has 94 valence electrons. The Hall–Kier alpha value is -0.840. The van der Waals surface area contributed by atoms with Gasteiger partial charge in [0.2, 0.25) is 0 Å². The average molecular weight is 276 g/mol. The molecule has 3 rings (SSSR count). The lowest BCUT2D eigenvalue weighted by molar-refractivity contribution is 0.630. The van der Waals surface area contributed by atoms with Gasteiger partial charge in [-0.25, -0.2) is 4.98 Å². The minimum atomic E-state index is 0.497. The van der Waals surface area contributed by atoms with E-state index in [9.17, 15) is 0 Å². The second-order valence-corrected chi connectivity index (χ2v) is 6.41. The van der Waals surface area contributed by atoms with Gasteiger partial charge in [-0.1, -0.05) is 18.2 Å². The molecular formula is C14H16N2S2. The highest BCUT2D eigenvalue weighted by molar-refractivity contribution is 7.98. The maximum Gasteiger partial charge on any atom is 0.103 e. The third-order valence-electron chi connectivity index (χ3n) is 3.09. The van der Waals surface area contributed by atoms with Crippen molar-refractivity contribution in [2.24, 2.45) is 0 Å². The standard InChI is InChI=1S/C14H16N2S2/c1-2-5-11(6-3-1)17-10-14-16-13(9-18-14)12-7-4-8-15-12/h1-3,5-6,9,12,15H,4,7-8,10H2/t12-/m0/s1. The van der Waals surface area contributed by atoms with Gasteiger partial charge in [-0.3, -0.25) is 0 Å². The van der Waals surface area contributed by atoms with Crippen LogP contribution < -0.4 is 5.32 Å². The predicted octanol–water partition coefficient (Wildman–Crippen LogP) is 3.86. The van der Waals surface area contributed by atoms with E-state index in [0.717, 1.165) is 12.3 Å². The number of hydrogen-bond acceptors (Lipinski definition) is 4. The minimum Gasteiger partial charge on any atom is -0.309 e. The van der Waals surface area contributed by atoms with Crippen molar-refractivity contribution in [3.63, 3.8) is 0 Å². The molecule has 0 spiro atoms. The first-order valence-electron chi connectivity index (χ1n) is 6.27. The largest absolute Gasteiger partial charge is 0.309 e. The summed E-state index contributed by atoms with van der Waals surface area (Å²) in [6.07, 6.45) is 2.51. The first kappa shape index (κ1) is 12.2. The van der Waals surface area contributed by atoms with E-state index in [4.69, 9.17) is 4.98 Å². The highest BCUT2D eigenvalue weighted by Crippen LogP contribution is 2.28. The molecule has 2 nitrogen and oxygen atoms in total. The second-order valence-electron chi connectivity index (χ2n) is 4.42. The van der Waals surface area contributed by atoms with Crippen molar-refractivity contribution in [1.82, 2.24) is 10.3 Å². The first-order valence-corrected chi connectivity index (χ1v) is 8.14. The van der Waals surface area contributed by atoms with Crippen LogP contribution in [0, 0.1) is 0 Å². The summed E-state index contributed by atoms with van der Waals surface area (Å²) in [6.45, 7) is 1.14. The Labute approximate surface area is 116 Å². The van der Waals surface area contributed by atoms with Gasteiger partial charge in [0.15, 0.2) is 0 Å². The highest BCUT2D eigenvalue weighted by atomic mass is 32.2. The molecule has 1 fully saturated rings. The molecule has 1 saturated heterocycles. The van der Waals surface area contributed by atoms with Crippen LogP contribution in [0.25, 0.3) is 0 Å². The smallest absolute Gasteiger partial charge is 0.103 e. The number of thioether (sulfide) groups is 1. The second kappa shape index (κ2) is 5.87. The van der Waals surface area contributed by atoms with Crippen molar-refractivity contribution in [3.05, 3.63) is 46.4 Å². The Kier molecular flexibility index (Phi) is 3.98. The Morgan fingerprint density at radius 1 is 1.33 bits per heavy atom. The maximum absolute atomic E-state index is 4.74. The lowest BCUT2D eigenvalue weighted by Gasteiger charge is -2.05. The fraction of sp³-hybridized carbons (Fsp3) is 0.357. The maximum atomic E-state index is 4.74. The van der Waals surface area contributed by atoms with Crippen LogP contribution in [0.15, 0.2) is 40.6 Å². The summed E-state index contributed by atoms with van der Waals surface area (Å²) in [4.78, 5) is 6.06. The van der Waals surface area contributed by atoms with Gasteiger partial charge in [0.1, 0.15) is 5.01 Å². The fourth-order valence-corrected chi connectivity index (χ4v) is 3.94. The molecule has 1 aliphatic rings. The summed E-state index contributed by atoms with van der Waals surface area (Å²) in [5, 5.41) is 6.94. The van der Waals surface area contributed by atoms with Gasteiger partial charge in [-0.15, -0.1) is 23.1 Å². The Morgan fingerprint density at radius 2 is 2.22 bits per heavy atom. The number of benzene rings is 1. The lowest BCUT2D eigenvalue weighted by Crippen LogP contribution is -2.13. The SMILES string of the molecule is c1ccc(SCc2nc([C@@H]3CCCN3)cs2)cc1. The van der Waals surface area contributed by atoms with Gasteiger partial charge in [-0.05, 0) is 31.5 Å². The van der Waals surface area contributed by atoms with E-state index in [1.54, 1.807) is 11.3 Å². The molecule has 0 saturated carbocycles. The molecule has 2 aromatic rings. The Morgan fingerprint density at radius 3 is 3.00 bits per heavy atom. The number of thiazole rings is 1. The van der Waals surface area contributed by atoms with E-state index in [1.807, 2.05) is 11.8 Å². The number of hydrogen-bond donors (Lipinski definition) is 1. The molecule has 0 radical (unpaired) electrons. The van der Waals surface area contributed by atoms with Crippen LogP contribution in [-0.2, 0) is 5.75 Å². The molecule has 0 unspecified atom stereocenters. The van der Waals surface area contributed by atoms with Crippen molar-refractivity contribution in [1.29, 1.82) is 0 Å². The summed E-state index contributed by atoms with van der Waals surface area (Å²) in [5.41, 5.74) is 1.24. The van der Waals surface area contributed by atoms with E-state index in [-0.39, 0.29) is 0 Å². The summed E-state index contributed by atoms with van der Waals surface area (Å²) < 4.78 is 0. The van der Waals surface area contributed by atoms with E-state index in [0.29, 0.717) is 6.04 Å². The fourth-order valence-electron chi connectivity index (χ4n) is 2.15. The zero-order valence-corrected chi connectivity index (χ0v) is 11.8. The van der Waals surface area contributed by atoms with Gasteiger partial charge in [0.05, 0.1) is 17.5 Å². The third kappa shape index (κ3) is 2.94. The molecule has 1 atom stereocenters. The van der Waals surface area contributed by atoms with Gasteiger partial charge >= 0.3 is 0 Å². The number of aromatic nitrogens is 1. The normalized spacial score (nSPS) is 19.2. The summed E-state index contributed by atoms with van der Waals surface area (Å²) >= 11 is 3.64. The average Bonchev–Trinajstić information content (AvgIpc) is 3.08. The number of nitrogens with zero attached hydrogens (tertiary/aromatic N) is 1. The van der Waals surface area contributed by atoms with Gasteiger partial charge in [0, 0.05) is 10.3 Å². The van der Waals surface area contributed by atoms with Crippen LogP contribution in [0.1, 0.15) is 29.6 Å². The van der Waals surface area contributed by atoms with Crippen molar-refractivity contribution >= 4 is 23.1 Å². The molecule has 18 heavy (non-hydrogen) atoms. The zero-order valence-electron chi connectivity index (χ0n) is 10.1. The quantitative estimate of drug-likeness (QED) is 0.858. The molecule has 0 amide bonds. The van der Waals surface area contributed by atoms with Crippen molar-refractivity contribution in [3.8, 4) is 0 Å². The highest BCUT2D eigenvalue weighted by Gasteiger charge is 2.18. The molecule has 1 N–H and O–H groups in total. The molecule has 1 aromatic heterocycles. The molecule has 4 heteroatoms. The van der Waals surface area contributed by atoms with Gasteiger partial charge in [-0.2, -0.15) is 0 Å². The number of nitrogens with one attached hydrogen (secondary N) is 1. The molecule has 0 aliphatic carbocycles. The van der Waals surface area contributed by atoms with E-state index in [1.165, 1.54) is 28.4 Å². The monoisotopic (exact) mass is 276 g/mol. The topological polar surface area (TPSA) is 24.9 Å². The zero-order chi connectivity index (χ0) is 12.2. The molecular weight excluding hydrogens is 260 g/mol. The molecule has 1 aliphatic heterocycles. The van der Waals surface area contributed by atoms with Crippen LogP contribution in [0.4, 0.5) is 0 Å². The van der Waals surface area contributed by atoms with Crippen molar-refractivity contribution < 1.29 is 0 Å². The van der Waals surface area contributed by atoms with Crippen LogP contribution in [-0.4, -0.2) is 11.5 Å².